The van der Waals surface area contributed by atoms with E-state index in [-0.39, 0.29) is 30.3 Å². The summed E-state index contributed by atoms with van der Waals surface area (Å²) in [6.45, 7) is 5.35. The van der Waals surface area contributed by atoms with Crippen LogP contribution in [0.3, 0.4) is 0 Å². The minimum Gasteiger partial charge on any atom is -0.496 e. The summed E-state index contributed by atoms with van der Waals surface area (Å²) in [7, 11) is 1.62. The lowest BCUT2D eigenvalue weighted by Crippen LogP contribution is -2.50. The van der Waals surface area contributed by atoms with E-state index in [1.54, 1.807) is 19.2 Å². The Kier molecular flexibility index (Phi) is 8.52. The number of carbonyl (C=O) groups excluding carboxylic acids is 2. The van der Waals surface area contributed by atoms with Crippen molar-refractivity contribution in [3.8, 4) is 11.5 Å². The van der Waals surface area contributed by atoms with Gasteiger partial charge < -0.3 is 24.0 Å². The molecule has 2 fully saturated rings. The van der Waals surface area contributed by atoms with Crippen LogP contribution in [0, 0.1) is 12.8 Å². The monoisotopic (exact) mass is 500 g/mol. The highest BCUT2D eigenvalue weighted by molar-refractivity contribution is 6.30. The van der Waals surface area contributed by atoms with Crippen LogP contribution in [0.15, 0.2) is 42.5 Å². The lowest BCUT2D eigenvalue weighted by Gasteiger charge is -2.39. The number of carbonyl (C=O) groups is 2. The molecule has 188 valence electrons. The molecule has 2 aliphatic heterocycles. The molecule has 0 N–H and O–H groups in total. The van der Waals surface area contributed by atoms with E-state index in [1.807, 2.05) is 47.1 Å². The predicted octanol–water partition coefficient (Wildman–Crippen LogP) is 3.74. The lowest BCUT2D eigenvalue weighted by atomic mass is 9.90. The van der Waals surface area contributed by atoms with E-state index < -0.39 is 0 Å². The standard InChI is InChI=1S/C27H33ClN2O5/c1-19-6-7-24(33-2)20(14-19)15-27(32)30-9-8-25(35-23-5-3-4-22(28)17-23)21(18-30)16-26(31)29-10-12-34-13-11-29/h3-7,14,17,21,25H,8-13,15-16,18H2,1-2H3/t21-,25-/m0/s1. The highest BCUT2D eigenvalue weighted by Crippen LogP contribution is 2.29. The van der Waals surface area contributed by atoms with Crippen molar-refractivity contribution < 1.29 is 23.8 Å². The number of rotatable bonds is 7. The molecule has 0 spiro atoms. The average molecular weight is 501 g/mol. The minimum atomic E-state index is -0.184. The summed E-state index contributed by atoms with van der Waals surface area (Å²) in [4.78, 5) is 30.1. The topological polar surface area (TPSA) is 68.3 Å². The number of hydrogen-bond acceptors (Lipinski definition) is 5. The van der Waals surface area contributed by atoms with Gasteiger partial charge in [0.25, 0.3) is 0 Å². The second kappa shape index (κ2) is 11.8. The number of ether oxygens (including phenoxy) is 3. The summed E-state index contributed by atoms with van der Waals surface area (Å²) in [5.74, 6) is 1.37. The lowest BCUT2D eigenvalue weighted by molar-refractivity contribution is -0.141. The molecule has 0 saturated carbocycles. The van der Waals surface area contributed by atoms with Crippen molar-refractivity contribution in [2.24, 2.45) is 5.92 Å². The summed E-state index contributed by atoms with van der Waals surface area (Å²) in [6.07, 6.45) is 1.04. The summed E-state index contributed by atoms with van der Waals surface area (Å²) in [5, 5.41) is 0.600. The molecule has 2 aromatic rings. The van der Waals surface area contributed by atoms with Crippen LogP contribution < -0.4 is 9.47 Å². The molecule has 0 aliphatic carbocycles. The Hall–Kier alpha value is -2.77. The summed E-state index contributed by atoms with van der Waals surface area (Å²) in [5.41, 5.74) is 1.95. The maximum absolute atomic E-state index is 13.3. The molecule has 8 heteroatoms. The molecule has 4 rings (SSSR count). The number of hydrogen-bond donors (Lipinski definition) is 0. The highest BCUT2D eigenvalue weighted by atomic mass is 35.5. The molecule has 0 unspecified atom stereocenters. The maximum atomic E-state index is 13.3. The van der Waals surface area contributed by atoms with Crippen LogP contribution in [-0.2, 0) is 20.7 Å². The number of aryl methyl sites for hydroxylation is 1. The molecule has 7 nitrogen and oxygen atoms in total. The van der Waals surface area contributed by atoms with Crippen LogP contribution in [-0.4, -0.2) is 74.2 Å². The largest absolute Gasteiger partial charge is 0.496 e. The maximum Gasteiger partial charge on any atom is 0.227 e. The SMILES string of the molecule is COc1ccc(C)cc1CC(=O)N1CC[C@H](Oc2cccc(Cl)c2)[C@@H](CC(=O)N2CCOCC2)C1. The molecule has 35 heavy (non-hydrogen) atoms. The summed E-state index contributed by atoms with van der Waals surface area (Å²) < 4.78 is 17.1. The first-order valence-corrected chi connectivity index (χ1v) is 12.5. The second-order valence-electron chi connectivity index (χ2n) is 9.19. The van der Waals surface area contributed by atoms with E-state index in [0.29, 0.717) is 68.8 Å². The third-order valence-corrected chi connectivity index (χ3v) is 6.91. The van der Waals surface area contributed by atoms with Gasteiger partial charge in [0.2, 0.25) is 11.8 Å². The number of halogens is 1. The Balaban J connectivity index is 1.47. The average Bonchev–Trinajstić information content (AvgIpc) is 2.86. The molecule has 2 aromatic carbocycles. The molecule has 2 heterocycles. The fourth-order valence-electron chi connectivity index (χ4n) is 4.79. The second-order valence-corrected chi connectivity index (χ2v) is 9.63. The van der Waals surface area contributed by atoms with Crippen LogP contribution >= 0.6 is 11.6 Å². The van der Waals surface area contributed by atoms with Gasteiger partial charge in [0.05, 0.1) is 26.7 Å². The summed E-state index contributed by atoms with van der Waals surface area (Å²) >= 11 is 6.15. The van der Waals surface area contributed by atoms with E-state index in [0.717, 1.165) is 11.1 Å². The van der Waals surface area contributed by atoms with Crippen molar-refractivity contribution in [1.82, 2.24) is 9.80 Å². The van der Waals surface area contributed by atoms with E-state index >= 15 is 0 Å². The molecule has 0 bridgehead atoms. The third-order valence-electron chi connectivity index (χ3n) is 6.68. The highest BCUT2D eigenvalue weighted by Gasteiger charge is 2.35. The van der Waals surface area contributed by atoms with Gasteiger partial charge in [-0.25, -0.2) is 0 Å². The zero-order valence-electron chi connectivity index (χ0n) is 20.4. The normalized spacial score (nSPS) is 20.4. The molecule has 2 atom stereocenters. The molecule has 2 aliphatic rings. The molecule has 0 radical (unpaired) electrons. The van der Waals surface area contributed by atoms with Crippen LogP contribution in [0.2, 0.25) is 5.02 Å². The zero-order valence-corrected chi connectivity index (χ0v) is 21.1. The Morgan fingerprint density at radius 3 is 2.60 bits per heavy atom. The van der Waals surface area contributed by atoms with E-state index in [4.69, 9.17) is 25.8 Å². The molecule has 2 saturated heterocycles. The van der Waals surface area contributed by atoms with Crippen molar-refractivity contribution >= 4 is 23.4 Å². The fraction of sp³-hybridized carbons (Fsp3) is 0.481. The predicted molar refractivity (Wildman–Crippen MR) is 134 cm³/mol. The van der Waals surface area contributed by atoms with Gasteiger partial charge in [-0.2, -0.15) is 0 Å². The van der Waals surface area contributed by atoms with Gasteiger partial charge in [-0.05, 0) is 31.2 Å². The zero-order chi connectivity index (χ0) is 24.8. The number of nitrogens with zero attached hydrogens (tertiary/aromatic N) is 2. The molecular formula is C27H33ClN2O5. The number of piperidine rings is 1. The minimum absolute atomic E-state index is 0.0268. The van der Waals surface area contributed by atoms with Crippen molar-refractivity contribution in [1.29, 1.82) is 0 Å². The number of methoxy groups -OCH3 is 1. The quantitative estimate of drug-likeness (QED) is 0.579. The number of likely N-dealkylation sites (tertiary alicyclic amines) is 1. The smallest absolute Gasteiger partial charge is 0.227 e. The van der Waals surface area contributed by atoms with Gasteiger partial charge in [-0.15, -0.1) is 0 Å². The first-order chi connectivity index (χ1) is 16.9. The van der Waals surface area contributed by atoms with Gasteiger partial charge >= 0.3 is 0 Å². The van der Waals surface area contributed by atoms with Crippen molar-refractivity contribution in [2.45, 2.75) is 32.3 Å². The van der Waals surface area contributed by atoms with Crippen molar-refractivity contribution in [2.75, 3.05) is 46.5 Å². The van der Waals surface area contributed by atoms with Crippen molar-refractivity contribution in [3.05, 3.63) is 58.6 Å². The van der Waals surface area contributed by atoms with Gasteiger partial charge in [0, 0.05) is 55.5 Å². The number of benzene rings is 2. The van der Waals surface area contributed by atoms with Gasteiger partial charge in [0.15, 0.2) is 0 Å². The van der Waals surface area contributed by atoms with Crippen LogP contribution in [0.4, 0.5) is 0 Å². The van der Waals surface area contributed by atoms with Gasteiger partial charge in [-0.3, -0.25) is 9.59 Å². The Bertz CT molecular complexity index is 1040. The van der Waals surface area contributed by atoms with Crippen molar-refractivity contribution in [3.63, 3.8) is 0 Å². The summed E-state index contributed by atoms with van der Waals surface area (Å²) in [6, 6.07) is 13.2. The molecule has 0 aromatic heterocycles. The Labute approximate surface area is 211 Å². The molecular weight excluding hydrogens is 468 g/mol. The van der Waals surface area contributed by atoms with E-state index in [9.17, 15) is 9.59 Å². The number of amides is 2. The fourth-order valence-corrected chi connectivity index (χ4v) is 4.97. The van der Waals surface area contributed by atoms with E-state index in [2.05, 4.69) is 0 Å². The van der Waals surface area contributed by atoms with Crippen LogP contribution in [0.1, 0.15) is 24.0 Å². The van der Waals surface area contributed by atoms with Crippen LogP contribution in [0.25, 0.3) is 0 Å². The van der Waals surface area contributed by atoms with E-state index in [1.165, 1.54) is 0 Å². The first kappa shape index (κ1) is 25.3. The van der Waals surface area contributed by atoms with Crippen LogP contribution in [0.5, 0.6) is 11.5 Å². The number of morpholine rings is 1. The first-order valence-electron chi connectivity index (χ1n) is 12.1. The Morgan fingerprint density at radius 1 is 1.06 bits per heavy atom. The van der Waals surface area contributed by atoms with Gasteiger partial charge in [0.1, 0.15) is 17.6 Å². The Morgan fingerprint density at radius 2 is 1.86 bits per heavy atom. The molecule has 2 amide bonds. The third kappa shape index (κ3) is 6.67. The van der Waals surface area contributed by atoms with Gasteiger partial charge in [-0.1, -0.05) is 35.4 Å².